The van der Waals surface area contributed by atoms with Gasteiger partial charge in [-0.1, -0.05) is 6.07 Å². The van der Waals surface area contributed by atoms with Crippen LogP contribution < -0.4 is 10.6 Å². The first-order valence-corrected chi connectivity index (χ1v) is 5.23. The van der Waals surface area contributed by atoms with Crippen LogP contribution in [0, 0.1) is 12.3 Å². The first-order chi connectivity index (χ1) is 8.63. The SMILES string of the molecule is C#CCC(NC(=O)NCc1cccnc1)C(=O)O. The molecule has 1 aromatic rings. The number of aromatic nitrogens is 1. The number of rotatable bonds is 5. The van der Waals surface area contributed by atoms with E-state index in [-0.39, 0.29) is 13.0 Å². The predicted molar refractivity (Wildman–Crippen MR) is 64.5 cm³/mol. The molecule has 3 N–H and O–H groups in total. The van der Waals surface area contributed by atoms with Crippen molar-refractivity contribution in [3.8, 4) is 12.3 Å². The van der Waals surface area contributed by atoms with Crippen molar-refractivity contribution in [2.75, 3.05) is 0 Å². The van der Waals surface area contributed by atoms with Gasteiger partial charge in [0.1, 0.15) is 6.04 Å². The van der Waals surface area contributed by atoms with Gasteiger partial charge in [-0.25, -0.2) is 9.59 Å². The third-order valence-corrected chi connectivity index (χ3v) is 2.10. The molecular weight excluding hydrogens is 234 g/mol. The number of carboxylic acids is 1. The van der Waals surface area contributed by atoms with E-state index >= 15 is 0 Å². The van der Waals surface area contributed by atoms with E-state index in [0.717, 1.165) is 5.56 Å². The van der Waals surface area contributed by atoms with Gasteiger partial charge in [-0.3, -0.25) is 4.98 Å². The summed E-state index contributed by atoms with van der Waals surface area (Å²) in [6.07, 6.45) is 8.18. The Bertz CT molecular complexity index is 453. The Labute approximate surface area is 104 Å². The van der Waals surface area contributed by atoms with Crippen LogP contribution in [0.5, 0.6) is 0 Å². The number of terminal acetylenes is 1. The summed E-state index contributed by atoms with van der Waals surface area (Å²) in [6, 6.07) is 1.88. The standard InChI is InChI=1S/C12H13N3O3/c1-2-4-10(11(16)17)15-12(18)14-8-9-5-3-6-13-7-9/h1,3,5-7,10H,4,8H2,(H,16,17)(H2,14,15,18). The zero-order valence-electron chi connectivity index (χ0n) is 9.59. The molecule has 0 aliphatic carbocycles. The molecule has 0 saturated carbocycles. The lowest BCUT2D eigenvalue weighted by Gasteiger charge is -2.12. The van der Waals surface area contributed by atoms with Gasteiger partial charge in [0.15, 0.2) is 0 Å². The minimum absolute atomic E-state index is 0.0599. The molecule has 6 heteroatoms. The maximum atomic E-state index is 11.4. The van der Waals surface area contributed by atoms with Crippen molar-refractivity contribution in [2.45, 2.75) is 19.0 Å². The van der Waals surface area contributed by atoms with Gasteiger partial charge >= 0.3 is 12.0 Å². The van der Waals surface area contributed by atoms with Crippen molar-refractivity contribution >= 4 is 12.0 Å². The molecular formula is C12H13N3O3. The molecule has 1 unspecified atom stereocenters. The fourth-order valence-corrected chi connectivity index (χ4v) is 1.21. The Morgan fingerprint density at radius 1 is 1.56 bits per heavy atom. The third kappa shape index (κ3) is 4.53. The summed E-state index contributed by atoms with van der Waals surface area (Å²) in [5, 5.41) is 13.6. The van der Waals surface area contributed by atoms with Gasteiger partial charge in [0.25, 0.3) is 0 Å². The van der Waals surface area contributed by atoms with Gasteiger partial charge in [0.2, 0.25) is 0 Å². The number of pyridine rings is 1. The average molecular weight is 247 g/mol. The molecule has 1 heterocycles. The van der Waals surface area contributed by atoms with Crippen LogP contribution in [0.15, 0.2) is 24.5 Å². The highest BCUT2D eigenvalue weighted by Crippen LogP contribution is 1.95. The van der Waals surface area contributed by atoms with Crippen molar-refractivity contribution in [3.05, 3.63) is 30.1 Å². The van der Waals surface area contributed by atoms with Crippen molar-refractivity contribution in [2.24, 2.45) is 0 Å². The maximum Gasteiger partial charge on any atom is 0.327 e. The second-order valence-electron chi connectivity index (χ2n) is 3.49. The lowest BCUT2D eigenvalue weighted by Crippen LogP contribution is -2.45. The Hall–Kier alpha value is -2.55. The second kappa shape index (κ2) is 6.91. The number of aliphatic carboxylic acids is 1. The number of carbonyl (C=O) groups is 2. The smallest absolute Gasteiger partial charge is 0.327 e. The quantitative estimate of drug-likeness (QED) is 0.655. The third-order valence-electron chi connectivity index (χ3n) is 2.10. The average Bonchev–Trinajstić information content (AvgIpc) is 2.37. The zero-order chi connectivity index (χ0) is 13.4. The molecule has 94 valence electrons. The molecule has 0 saturated heterocycles. The molecule has 0 radical (unpaired) electrons. The highest BCUT2D eigenvalue weighted by Gasteiger charge is 2.18. The van der Waals surface area contributed by atoms with Crippen LogP contribution in [0.1, 0.15) is 12.0 Å². The normalized spacial score (nSPS) is 11.1. The Morgan fingerprint density at radius 2 is 2.33 bits per heavy atom. The molecule has 2 amide bonds. The van der Waals surface area contributed by atoms with Gasteiger partial charge in [-0.2, -0.15) is 0 Å². The summed E-state index contributed by atoms with van der Waals surface area (Å²) in [5.74, 6) is 1.03. The minimum atomic E-state index is -1.16. The number of nitrogens with one attached hydrogen (secondary N) is 2. The number of amides is 2. The largest absolute Gasteiger partial charge is 0.480 e. The van der Waals surface area contributed by atoms with Crippen LogP contribution in [0.25, 0.3) is 0 Å². The van der Waals surface area contributed by atoms with Gasteiger partial charge in [0, 0.05) is 25.4 Å². The van der Waals surface area contributed by atoms with Crippen molar-refractivity contribution in [3.63, 3.8) is 0 Å². The fraction of sp³-hybridized carbons (Fsp3) is 0.250. The summed E-state index contributed by atoms with van der Waals surface area (Å²) in [5.41, 5.74) is 0.816. The summed E-state index contributed by atoms with van der Waals surface area (Å²) >= 11 is 0. The van der Waals surface area contributed by atoms with E-state index in [2.05, 4.69) is 21.5 Å². The highest BCUT2D eigenvalue weighted by atomic mass is 16.4. The number of hydrogen-bond acceptors (Lipinski definition) is 3. The Kier molecular flexibility index (Phi) is 5.19. The van der Waals surface area contributed by atoms with E-state index in [4.69, 9.17) is 11.5 Å². The monoisotopic (exact) mass is 247 g/mol. The van der Waals surface area contributed by atoms with Crippen LogP contribution in [-0.2, 0) is 11.3 Å². The Morgan fingerprint density at radius 3 is 2.89 bits per heavy atom. The van der Waals surface area contributed by atoms with Gasteiger partial charge in [-0.05, 0) is 11.6 Å². The molecule has 0 aliphatic rings. The maximum absolute atomic E-state index is 11.4. The topological polar surface area (TPSA) is 91.3 Å². The van der Waals surface area contributed by atoms with E-state index < -0.39 is 18.0 Å². The molecule has 18 heavy (non-hydrogen) atoms. The van der Waals surface area contributed by atoms with Gasteiger partial charge in [-0.15, -0.1) is 12.3 Å². The molecule has 0 bridgehead atoms. The molecule has 0 aromatic carbocycles. The van der Waals surface area contributed by atoms with Crippen LogP contribution in [0.4, 0.5) is 4.79 Å². The molecule has 0 spiro atoms. The van der Waals surface area contributed by atoms with E-state index in [0.29, 0.717) is 0 Å². The summed E-state index contributed by atoms with van der Waals surface area (Å²) in [7, 11) is 0. The lowest BCUT2D eigenvalue weighted by molar-refractivity contribution is -0.139. The molecule has 1 rings (SSSR count). The first kappa shape index (κ1) is 13.5. The summed E-state index contributed by atoms with van der Waals surface area (Å²) in [4.78, 5) is 26.1. The number of hydrogen-bond donors (Lipinski definition) is 3. The zero-order valence-corrected chi connectivity index (χ0v) is 9.59. The van der Waals surface area contributed by atoms with Crippen molar-refractivity contribution < 1.29 is 14.7 Å². The van der Waals surface area contributed by atoms with Crippen LogP contribution in [0.3, 0.4) is 0 Å². The fourth-order valence-electron chi connectivity index (χ4n) is 1.21. The van der Waals surface area contributed by atoms with Crippen molar-refractivity contribution in [1.29, 1.82) is 0 Å². The van der Waals surface area contributed by atoms with E-state index in [9.17, 15) is 9.59 Å². The summed E-state index contributed by atoms with van der Waals surface area (Å²) in [6.45, 7) is 0.266. The molecule has 6 nitrogen and oxygen atoms in total. The molecule has 0 aliphatic heterocycles. The number of urea groups is 1. The predicted octanol–water partition coefficient (Wildman–Crippen LogP) is 0.357. The van der Waals surface area contributed by atoms with E-state index in [1.54, 1.807) is 24.5 Å². The van der Waals surface area contributed by atoms with Crippen LogP contribution >= 0.6 is 0 Å². The Balaban J connectivity index is 2.42. The summed E-state index contributed by atoms with van der Waals surface area (Å²) < 4.78 is 0. The van der Waals surface area contributed by atoms with E-state index in [1.165, 1.54) is 0 Å². The lowest BCUT2D eigenvalue weighted by atomic mass is 10.2. The molecule has 1 atom stereocenters. The second-order valence-corrected chi connectivity index (χ2v) is 3.49. The van der Waals surface area contributed by atoms with Gasteiger partial charge in [0.05, 0.1) is 0 Å². The van der Waals surface area contributed by atoms with E-state index in [1.807, 2.05) is 0 Å². The highest BCUT2D eigenvalue weighted by molar-refractivity contribution is 5.82. The van der Waals surface area contributed by atoms with Crippen LogP contribution in [0.2, 0.25) is 0 Å². The number of carboxylic acid groups (broad SMARTS) is 1. The minimum Gasteiger partial charge on any atom is -0.480 e. The number of nitrogens with zero attached hydrogens (tertiary/aromatic N) is 1. The molecule has 1 aromatic heterocycles. The van der Waals surface area contributed by atoms with Crippen LogP contribution in [-0.4, -0.2) is 28.1 Å². The first-order valence-electron chi connectivity index (χ1n) is 5.23. The van der Waals surface area contributed by atoms with Gasteiger partial charge < -0.3 is 15.7 Å². The number of carbonyl (C=O) groups excluding carboxylic acids is 1. The van der Waals surface area contributed by atoms with Crippen molar-refractivity contribution in [1.82, 2.24) is 15.6 Å². The molecule has 0 fully saturated rings.